The Balaban J connectivity index is 2.98. The smallest absolute Gasteiger partial charge is 0.405 e. The second kappa shape index (κ2) is 11.7. The Morgan fingerprint density at radius 1 is 1.00 bits per heavy atom. The van der Waals surface area contributed by atoms with E-state index in [0.717, 1.165) is 5.56 Å². The Morgan fingerprint density at radius 3 is 2.18 bits per heavy atom. The van der Waals surface area contributed by atoms with Crippen molar-refractivity contribution in [3.8, 4) is 0 Å². The molecule has 0 aliphatic heterocycles. The molecular formula is C20H29N3O5. The molecule has 1 aromatic rings. The summed E-state index contributed by atoms with van der Waals surface area (Å²) in [5.41, 5.74) is 0.774. The summed E-state index contributed by atoms with van der Waals surface area (Å²) < 4.78 is 0. The number of carboxylic acid groups (broad SMARTS) is 1. The number of rotatable bonds is 11. The van der Waals surface area contributed by atoms with Crippen LogP contribution in [0.1, 0.15) is 39.2 Å². The third kappa shape index (κ3) is 8.20. The second-order valence-corrected chi connectivity index (χ2v) is 7.00. The van der Waals surface area contributed by atoms with Gasteiger partial charge in [-0.1, -0.05) is 51.1 Å². The molecule has 0 bridgehead atoms. The van der Waals surface area contributed by atoms with Crippen LogP contribution in [0.3, 0.4) is 0 Å². The molecule has 154 valence electrons. The Labute approximate surface area is 165 Å². The van der Waals surface area contributed by atoms with Crippen LogP contribution in [0.2, 0.25) is 0 Å². The lowest BCUT2D eigenvalue weighted by Gasteiger charge is -2.23. The molecule has 1 aromatic carbocycles. The number of hydrogen-bond acceptors (Lipinski definition) is 4. The zero-order valence-electron chi connectivity index (χ0n) is 16.5. The van der Waals surface area contributed by atoms with Crippen LogP contribution in [0.25, 0.3) is 0 Å². The highest BCUT2D eigenvalue weighted by Crippen LogP contribution is 2.08. The third-order valence-corrected chi connectivity index (χ3v) is 4.00. The summed E-state index contributed by atoms with van der Waals surface area (Å²) in [5.74, 6) is -2.11. The maximum absolute atomic E-state index is 12.6. The van der Waals surface area contributed by atoms with Crippen molar-refractivity contribution in [3.05, 3.63) is 35.9 Å². The van der Waals surface area contributed by atoms with E-state index in [1.54, 1.807) is 24.3 Å². The van der Waals surface area contributed by atoms with E-state index < -0.39 is 35.8 Å². The predicted molar refractivity (Wildman–Crippen MR) is 105 cm³/mol. The topological polar surface area (TPSA) is 125 Å². The lowest BCUT2D eigenvalue weighted by atomic mass is 9.99. The molecule has 0 fully saturated rings. The fourth-order valence-corrected chi connectivity index (χ4v) is 2.67. The van der Waals surface area contributed by atoms with Gasteiger partial charge in [0, 0.05) is 13.0 Å². The first-order valence-corrected chi connectivity index (χ1v) is 9.40. The highest BCUT2D eigenvalue weighted by Gasteiger charge is 2.30. The van der Waals surface area contributed by atoms with Crippen molar-refractivity contribution in [2.45, 2.75) is 52.1 Å². The van der Waals surface area contributed by atoms with Crippen LogP contribution in [0.15, 0.2) is 30.3 Å². The first kappa shape index (κ1) is 23.1. The summed E-state index contributed by atoms with van der Waals surface area (Å²) in [6.45, 7) is 5.93. The first-order valence-electron chi connectivity index (χ1n) is 9.40. The van der Waals surface area contributed by atoms with E-state index in [9.17, 15) is 19.2 Å². The Hall–Kier alpha value is -2.90. The van der Waals surface area contributed by atoms with E-state index in [4.69, 9.17) is 5.11 Å². The van der Waals surface area contributed by atoms with Crippen molar-refractivity contribution >= 4 is 23.7 Å². The van der Waals surface area contributed by atoms with Crippen LogP contribution in [-0.4, -0.2) is 47.4 Å². The number of carbonyl (C=O) groups is 4. The van der Waals surface area contributed by atoms with E-state index >= 15 is 0 Å². The number of Topliss-reactive ketones (excluding diaryl/α,β-unsaturated/α-hetero) is 1. The van der Waals surface area contributed by atoms with Crippen molar-refractivity contribution in [1.29, 1.82) is 0 Å². The van der Waals surface area contributed by atoms with Gasteiger partial charge in [-0.15, -0.1) is 0 Å². The number of amides is 3. The van der Waals surface area contributed by atoms with Crippen molar-refractivity contribution in [2.75, 3.05) is 6.54 Å². The monoisotopic (exact) mass is 391 g/mol. The van der Waals surface area contributed by atoms with Gasteiger partial charge >= 0.3 is 6.09 Å². The summed E-state index contributed by atoms with van der Waals surface area (Å²) in [6.07, 6.45) is -0.251. The van der Waals surface area contributed by atoms with E-state index in [1.807, 2.05) is 26.8 Å². The Bertz CT molecular complexity index is 676. The molecule has 0 aliphatic rings. The molecule has 0 saturated heterocycles. The zero-order valence-corrected chi connectivity index (χ0v) is 16.5. The molecule has 8 heteroatoms. The molecule has 4 N–H and O–H groups in total. The standard InChI is InChI=1S/C20H29N3O5/c1-4-10-21-19(26)17(24)15(12-14-8-6-5-7-9-14)22-18(25)16(11-13(2)3)23-20(27)28/h5-9,13,15-16,23H,4,10-12H2,1-3H3,(H,21,26)(H,22,25)(H,27,28)/t15-,16-/m0/s1. The molecular weight excluding hydrogens is 362 g/mol. The van der Waals surface area contributed by atoms with Gasteiger partial charge < -0.3 is 21.1 Å². The summed E-state index contributed by atoms with van der Waals surface area (Å²) in [4.78, 5) is 48.4. The van der Waals surface area contributed by atoms with E-state index in [2.05, 4.69) is 16.0 Å². The molecule has 8 nitrogen and oxygen atoms in total. The highest BCUT2D eigenvalue weighted by atomic mass is 16.4. The van der Waals surface area contributed by atoms with Crippen LogP contribution in [0.5, 0.6) is 0 Å². The number of carbonyl (C=O) groups excluding carboxylic acids is 3. The van der Waals surface area contributed by atoms with Gasteiger partial charge in [-0.2, -0.15) is 0 Å². The van der Waals surface area contributed by atoms with Crippen LogP contribution < -0.4 is 16.0 Å². The lowest BCUT2D eigenvalue weighted by Crippen LogP contribution is -2.54. The maximum atomic E-state index is 12.6. The van der Waals surface area contributed by atoms with Gasteiger partial charge in [-0.25, -0.2) is 4.79 Å². The molecule has 28 heavy (non-hydrogen) atoms. The Morgan fingerprint density at radius 2 is 1.64 bits per heavy atom. The number of ketones is 1. The molecule has 0 radical (unpaired) electrons. The van der Waals surface area contributed by atoms with E-state index in [1.165, 1.54) is 0 Å². The molecule has 0 spiro atoms. The fourth-order valence-electron chi connectivity index (χ4n) is 2.67. The van der Waals surface area contributed by atoms with Gasteiger partial charge in [0.1, 0.15) is 12.1 Å². The minimum Gasteiger partial charge on any atom is -0.465 e. The minimum absolute atomic E-state index is 0.0544. The van der Waals surface area contributed by atoms with Gasteiger partial charge in [0.25, 0.3) is 5.91 Å². The predicted octanol–water partition coefficient (Wildman–Crippen LogP) is 1.49. The molecule has 0 aromatic heterocycles. The summed E-state index contributed by atoms with van der Waals surface area (Å²) in [7, 11) is 0. The highest BCUT2D eigenvalue weighted by molar-refractivity contribution is 6.38. The van der Waals surface area contributed by atoms with Crippen LogP contribution in [0.4, 0.5) is 4.79 Å². The van der Waals surface area contributed by atoms with Gasteiger partial charge in [-0.05, 0) is 24.3 Å². The molecule has 0 saturated carbocycles. The van der Waals surface area contributed by atoms with Crippen molar-refractivity contribution < 1.29 is 24.3 Å². The number of nitrogens with one attached hydrogen (secondary N) is 3. The van der Waals surface area contributed by atoms with Gasteiger partial charge in [0.15, 0.2) is 0 Å². The number of benzene rings is 1. The maximum Gasteiger partial charge on any atom is 0.405 e. The molecule has 0 aliphatic carbocycles. The molecule has 2 atom stereocenters. The van der Waals surface area contributed by atoms with Gasteiger partial charge in [0.2, 0.25) is 11.7 Å². The van der Waals surface area contributed by atoms with Gasteiger partial charge in [0.05, 0.1) is 0 Å². The average molecular weight is 391 g/mol. The Kier molecular flexibility index (Phi) is 9.70. The van der Waals surface area contributed by atoms with Crippen molar-refractivity contribution in [1.82, 2.24) is 16.0 Å². The second-order valence-electron chi connectivity index (χ2n) is 7.00. The average Bonchev–Trinajstić information content (AvgIpc) is 2.64. The fraction of sp³-hybridized carbons (Fsp3) is 0.500. The van der Waals surface area contributed by atoms with E-state index in [0.29, 0.717) is 13.0 Å². The van der Waals surface area contributed by atoms with Crippen molar-refractivity contribution in [2.24, 2.45) is 5.92 Å². The molecule has 1 rings (SSSR count). The van der Waals surface area contributed by atoms with E-state index in [-0.39, 0.29) is 18.8 Å². The first-order chi connectivity index (χ1) is 13.2. The largest absolute Gasteiger partial charge is 0.465 e. The summed E-state index contributed by atoms with van der Waals surface area (Å²) in [6, 6.07) is 6.89. The quantitative estimate of drug-likeness (QED) is 0.425. The van der Waals surface area contributed by atoms with Crippen LogP contribution in [-0.2, 0) is 20.8 Å². The van der Waals surface area contributed by atoms with Crippen molar-refractivity contribution in [3.63, 3.8) is 0 Å². The van der Waals surface area contributed by atoms with Crippen LogP contribution in [0, 0.1) is 5.92 Å². The molecule has 3 amide bonds. The summed E-state index contributed by atoms with van der Waals surface area (Å²) in [5, 5.41) is 16.2. The summed E-state index contributed by atoms with van der Waals surface area (Å²) >= 11 is 0. The molecule has 0 heterocycles. The molecule has 0 unspecified atom stereocenters. The number of hydrogen-bond donors (Lipinski definition) is 4. The van der Waals surface area contributed by atoms with Gasteiger partial charge in [-0.3, -0.25) is 14.4 Å². The normalized spacial score (nSPS) is 12.7. The minimum atomic E-state index is -1.33. The lowest BCUT2D eigenvalue weighted by molar-refractivity contribution is -0.140. The van der Waals surface area contributed by atoms with Crippen LogP contribution >= 0.6 is 0 Å². The zero-order chi connectivity index (χ0) is 21.1. The SMILES string of the molecule is CCCNC(=O)C(=O)[C@H](Cc1ccccc1)NC(=O)[C@H](CC(C)C)NC(=O)O. The third-order valence-electron chi connectivity index (χ3n) is 4.00.